The summed E-state index contributed by atoms with van der Waals surface area (Å²) in [4.78, 5) is 0. The van der Waals surface area contributed by atoms with Gasteiger partial charge in [-0.15, -0.1) is 0 Å². The van der Waals surface area contributed by atoms with Crippen LogP contribution in [-0.2, 0) is 0 Å². The number of rotatable bonds is 6. The lowest BCUT2D eigenvalue weighted by molar-refractivity contribution is 0.207. The maximum absolute atomic E-state index is 14.2. The van der Waals surface area contributed by atoms with E-state index in [4.69, 9.17) is 0 Å². The molecule has 0 saturated heterocycles. The van der Waals surface area contributed by atoms with Crippen molar-refractivity contribution in [2.75, 3.05) is 6.54 Å². The topological polar surface area (TPSA) is 12.0 Å². The van der Waals surface area contributed by atoms with E-state index in [1.165, 1.54) is 32.1 Å². The van der Waals surface area contributed by atoms with Crippen LogP contribution in [0.1, 0.15) is 64.0 Å². The fourth-order valence-electron chi connectivity index (χ4n) is 3.56. The minimum absolute atomic E-state index is 0.0558. The van der Waals surface area contributed by atoms with Crippen LogP contribution in [0.2, 0.25) is 0 Å². The highest BCUT2D eigenvalue weighted by atomic mass is 19.1. The second-order valence-corrected chi connectivity index (χ2v) is 6.15. The SMILES string of the molecule is CCCNC(c1ccccc1F)C1CCCC(CC)C1. The smallest absolute Gasteiger partial charge is 0.127 e. The van der Waals surface area contributed by atoms with E-state index in [2.05, 4.69) is 19.2 Å². The van der Waals surface area contributed by atoms with Crippen molar-refractivity contribution in [2.45, 2.75) is 58.4 Å². The summed E-state index contributed by atoms with van der Waals surface area (Å²) in [6, 6.07) is 7.48. The van der Waals surface area contributed by atoms with E-state index in [0.29, 0.717) is 5.92 Å². The first kappa shape index (κ1) is 15.5. The molecule has 0 amide bonds. The monoisotopic (exact) mass is 277 g/mol. The zero-order chi connectivity index (χ0) is 14.4. The summed E-state index contributed by atoms with van der Waals surface area (Å²) in [6.07, 6.45) is 7.47. The third-order valence-electron chi connectivity index (χ3n) is 4.73. The van der Waals surface area contributed by atoms with Crippen molar-refractivity contribution in [2.24, 2.45) is 11.8 Å². The third kappa shape index (κ3) is 3.82. The van der Waals surface area contributed by atoms with Crippen LogP contribution in [0, 0.1) is 17.7 Å². The largest absolute Gasteiger partial charge is 0.310 e. The molecule has 1 saturated carbocycles. The number of halogens is 1. The highest BCUT2D eigenvalue weighted by Crippen LogP contribution is 2.39. The van der Waals surface area contributed by atoms with Crippen molar-refractivity contribution in [1.29, 1.82) is 0 Å². The van der Waals surface area contributed by atoms with Gasteiger partial charge in [-0.2, -0.15) is 0 Å². The summed E-state index contributed by atoms with van der Waals surface area (Å²) >= 11 is 0. The molecule has 1 aliphatic rings. The Morgan fingerprint density at radius 1 is 1.25 bits per heavy atom. The summed E-state index contributed by atoms with van der Waals surface area (Å²) < 4.78 is 14.2. The number of hydrogen-bond donors (Lipinski definition) is 1. The lowest BCUT2D eigenvalue weighted by Gasteiger charge is -2.35. The van der Waals surface area contributed by atoms with Gasteiger partial charge in [-0.1, -0.05) is 51.3 Å². The van der Waals surface area contributed by atoms with E-state index in [1.807, 2.05) is 12.1 Å². The predicted octanol–water partition coefficient (Wildman–Crippen LogP) is 5.08. The van der Waals surface area contributed by atoms with Crippen molar-refractivity contribution in [3.05, 3.63) is 35.6 Å². The molecule has 20 heavy (non-hydrogen) atoms. The summed E-state index contributed by atoms with van der Waals surface area (Å²) in [5.41, 5.74) is 0.864. The fourth-order valence-corrected chi connectivity index (χ4v) is 3.56. The molecule has 1 aromatic rings. The molecular weight excluding hydrogens is 249 g/mol. The van der Waals surface area contributed by atoms with Crippen molar-refractivity contribution < 1.29 is 4.39 Å². The van der Waals surface area contributed by atoms with Gasteiger partial charge in [0.25, 0.3) is 0 Å². The van der Waals surface area contributed by atoms with Gasteiger partial charge in [-0.05, 0) is 43.7 Å². The van der Waals surface area contributed by atoms with E-state index in [0.717, 1.165) is 24.4 Å². The first-order chi connectivity index (χ1) is 9.76. The van der Waals surface area contributed by atoms with Gasteiger partial charge >= 0.3 is 0 Å². The van der Waals surface area contributed by atoms with E-state index in [9.17, 15) is 4.39 Å². The molecule has 3 unspecified atom stereocenters. The molecule has 112 valence electrons. The molecule has 0 heterocycles. The highest BCUT2D eigenvalue weighted by Gasteiger charge is 2.29. The van der Waals surface area contributed by atoms with Gasteiger partial charge in [0.2, 0.25) is 0 Å². The summed E-state index contributed by atoms with van der Waals surface area (Å²) in [7, 11) is 0. The first-order valence-corrected chi connectivity index (χ1v) is 8.24. The van der Waals surface area contributed by atoms with Gasteiger partial charge in [-0.3, -0.25) is 0 Å². The molecule has 1 nitrogen and oxygen atoms in total. The van der Waals surface area contributed by atoms with Crippen LogP contribution in [0.3, 0.4) is 0 Å². The maximum Gasteiger partial charge on any atom is 0.127 e. The Labute approximate surface area is 123 Å². The summed E-state index contributed by atoms with van der Waals surface area (Å²) in [5.74, 6) is 1.35. The van der Waals surface area contributed by atoms with E-state index >= 15 is 0 Å². The molecular formula is C18H28FN. The van der Waals surface area contributed by atoms with Crippen LogP contribution >= 0.6 is 0 Å². The Hall–Kier alpha value is -0.890. The van der Waals surface area contributed by atoms with Gasteiger partial charge < -0.3 is 5.32 Å². The Bertz CT molecular complexity index is 404. The lowest BCUT2D eigenvalue weighted by atomic mass is 9.75. The Kier molecular flexibility index (Phi) is 6.03. The molecule has 0 bridgehead atoms. The van der Waals surface area contributed by atoms with Crippen molar-refractivity contribution >= 4 is 0 Å². The maximum atomic E-state index is 14.2. The predicted molar refractivity (Wildman–Crippen MR) is 83.2 cm³/mol. The zero-order valence-corrected chi connectivity index (χ0v) is 12.9. The van der Waals surface area contributed by atoms with Gasteiger partial charge in [0.15, 0.2) is 0 Å². The standard InChI is InChI=1S/C18H28FN/c1-3-12-20-18(16-10-5-6-11-17(16)19)15-9-7-8-14(4-2)13-15/h5-6,10-11,14-15,18,20H,3-4,7-9,12-13H2,1-2H3. The minimum Gasteiger partial charge on any atom is -0.310 e. The van der Waals surface area contributed by atoms with Crippen LogP contribution in [0.15, 0.2) is 24.3 Å². The number of nitrogens with one attached hydrogen (secondary N) is 1. The van der Waals surface area contributed by atoms with Crippen molar-refractivity contribution in [1.82, 2.24) is 5.32 Å². The number of hydrogen-bond acceptors (Lipinski definition) is 1. The second kappa shape index (κ2) is 7.78. The lowest BCUT2D eigenvalue weighted by Crippen LogP contribution is -2.32. The molecule has 1 aromatic carbocycles. The average Bonchev–Trinajstić information content (AvgIpc) is 2.49. The molecule has 0 radical (unpaired) electrons. The summed E-state index contributed by atoms with van der Waals surface area (Å²) in [5, 5.41) is 3.60. The van der Waals surface area contributed by atoms with Crippen LogP contribution in [0.4, 0.5) is 4.39 Å². The molecule has 3 atom stereocenters. The van der Waals surface area contributed by atoms with Gasteiger partial charge in [-0.25, -0.2) is 4.39 Å². The molecule has 2 heteroatoms. The zero-order valence-electron chi connectivity index (χ0n) is 12.9. The van der Waals surface area contributed by atoms with Gasteiger partial charge in [0.1, 0.15) is 5.82 Å². The molecule has 2 rings (SSSR count). The van der Waals surface area contributed by atoms with Crippen LogP contribution < -0.4 is 5.32 Å². The molecule has 0 aliphatic heterocycles. The van der Waals surface area contributed by atoms with E-state index in [1.54, 1.807) is 12.1 Å². The molecule has 0 aromatic heterocycles. The first-order valence-electron chi connectivity index (χ1n) is 8.24. The fraction of sp³-hybridized carbons (Fsp3) is 0.667. The highest BCUT2D eigenvalue weighted by molar-refractivity contribution is 5.22. The normalized spacial score (nSPS) is 24.6. The van der Waals surface area contributed by atoms with Crippen LogP contribution in [-0.4, -0.2) is 6.54 Å². The van der Waals surface area contributed by atoms with E-state index in [-0.39, 0.29) is 11.9 Å². The molecule has 1 fully saturated rings. The Morgan fingerprint density at radius 2 is 2.05 bits per heavy atom. The third-order valence-corrected chi connectivity index (χ3v) is 4.73. The van der Waals surface area contributed by atoms with E-state index < -0.39 is 0 Å². The van der Waals surface area contributed by atoms with Crippen molar-refractivity contribution in [3.63, 3.8) is 0 Å². The van der Waals surface area contributed by atoms with Gasteiger partial charge in [0.05, 0.1) is 0 Å². The minimum atomic E-state index is -0.0558. The number of benzene rings is 1. The quantitative estimate of drug-likeness (QED) is 0.764. The Morgan fingerprint density at radius 3 is 2.75 bits per heavy atom. The van der Waals surface area contributed by atoms with Crippen LogP contribution in [0.25, 0.3) is 0 Å². The molecule has 1 aliphatic carbocycles. The molecule has 1 N–H and O–H groups in total. The molecule has 0 spiro atoms. The van der Waals surface area contributed by atoms with Gasteiger partial charge in [0, 0.05) is 11.6 Å². The van der Waals surface area contributed by atoms with Crippen molar-refractivity contribution in [3.8, 4) is 0 Å². The second-order valence-electron chi connectivity index (χ2n) is 6.15. The van der Waals surface area contributed by atoms with Crippen LogP contribution in [0.5, 0.6) is 0 Å². The Balaban J connectivity index is 2.16. The summed E-state index contributed by atoms with van der Waals surface area (Å²) in [6.45, 7) is 5.41. The average molecular weight is 277 g/mol.